The van der Waals surface area contributed by atoms with Crippen LogP contribution in [-0.2, 0) is 4.74 Å². The van der Waals surface area contributed by atoms with Crippen LogP contribution in [-0.4, -0.2) is 30.7 Å². The SMILES string of the molecule is NC(=O)c1ccc(NC2C(N)C3CCOC32)c(F)c1. The van der Waals surface area contributed by atoms with Gasteiger partial charge in [-0.2, -0.15) is 0 Å². The number of halogens is 1. The quantitative estimate of drug-likeness (QED) is 0.740. The highest BCUT2D eigenvalue weighted by Gasteiger charge is 2.52. The maximum atomic E-state index is 13.9. The molecule has 1 aliphatic carbocycles. The summed E-state index contributed by atoms with van der Waals surface area (Å²) in [6.07, 6.45) is 1.03. The molecule has 1 saturated heterocycles. The van der Waals surface area contributed by atoms with Gasteiger partial charge >= 0.3 is 0 Å². The number of hydrogen-bond acceptors (Lipinski definition) is 4. The van der Waals surface area contributed by atoms with Gasteiger partial charge < -0.3 is 21.5 Å². The van der Waals surface area contributed by atoms with E-state index < -0.39 is 11.7 Å². The molecule has 0 spiro atoms. The van der Waals surface area contributed by atoms with Gasteiger partial charge in [-0.1, -0.05) is 0 Å². The fraction of sp³-hybridized carbons (Fsp3) is 0.462. The molecule has 1 aromatic rings. The maximum absolute atomic E-state index is 13.9. The van der Waals surface area contributed by atoms with Crippen LogP contribution in [0.4, 0.5) is 10.1 Å². The summed E-state index contributed by atoms with van der Waals surface area (Å²) in [6.45, 7) is 0.713. The highest BCUT2D eigenvalue weighted by atomic mass is 19.1. The van der Waals surface area contributed by atoms with E-state index in [0.29, 0.717) is 18.2 Å². The first kappa shape index (κ1) is 12.4. The molecule has 2 fully saturated rings. The van der Waals surface area contributed by atoms with Crippen LogP contribution in [0.25, 0.3) is 0 Å². The lowest BCUT2D eigenvalue weighted by Gasteiger charge is -2.46. The van der Waals surface area contributed by atoms with E-state index in [0.717, 1.165) is 12.5 Å². The first-order valence-electron chi connectivity index (χ1n) is 6.31. The first-order valence-corrected chi connectivity index (χ1v) is 6.31. The fourth-order valence-electron chi connectivity index (χ4n) is 2.89. The van der Waals surface area contributed by atoms with Gasteiger partial charge in [0.15, 0.2) is 0 Å². The number of benzene rings is 1. The normalized spacial score (nSPS) is 32.5. The van der Waals surface area contributed by atoms with Crippen molar-refractivity contribution in [3.8, 4) is 0 Å². The summed E-state index contributed by atoms with van der Waals surface area (Å²) in [5.41, 5.74) is 11.6. The number of fused-ring (bicyclic) bond motifs is 1. The molecule has 4 atom stereocenters. The Kier molecular flexibility index (Phi) is 2.91. The van der Waals surface area contributed by atoms with Crippen molar-refractivity contribution in [2.45, 2.75) is 24.6 Å². The second-order valence-corrected chi connectivity index (χ2v) is 5.09. The minimum Gasteiger partial charge on any atom is -0.376 e. The van der Waals surface area contributed by atoms with Crippen molar-refractivity contribution in [3.63, 3.8) is 0 Å². The van der Waals surface area contributed by atoms with Gasteiger partial charge in [0.25, 0.3) is 0 Å². The summed E-state index contributed by atoms with van der Waals surface area (Å²) < 4.78 is 19.4. The van der Waals surface area contributed by atoms with Crippen molar-refractivity contribution in [1.29, 1.82) is 0 Å². The molecule has 19 heavy (non-hydrogen) atoms. The molecule has 5 N–H and O–H groups in total. The van der Waals surface area contributed by atoms with Gasteiger partial charge in [0.05, 0.1) is 17.8 Å². The number of ether oxygens (including phenoxy) is 1. The fourth-order valence-corrected chi connectivity index (χ4v) is 2.89. The van der Waals surface area contributed by atoms with Crippen LogP contribution in [0.5, 0.6) is 0 Å². The van der Waals surface area contributed by atoms with E-state index in [1.807, 2.05) is 0 Å². The number of amides is 1. The number of hydrogen-bond donors (Lipinski definition) is 3. The van der Waals surface area contributed by atoms with Gasteiger partial charge in [0.1, 0.15) is 5.82 Å². The van der Waals surface area contributed by atoms with E-state index in [-0.39, 0.29) is 23.8 Å². The number of primary amides is 1. The van der Waals surface area contributed by atoms with Gasteiger partial charge in [-0.15, -0.1) is 0 Å². The minimum absolute atomic E-state index is 0.0253. The first-order chi connectivity index (χ1) is 9.08. The zero-order chi connectivity index (χ0) is 13.6. The average Bonchev–Trinajstić information content (AvgIpc) is 2.81. The van der Waals surface area contributed by atoms with Crippen LogP contribution in [0.15, 0.2) is 18.2 Å². The number of nitrogens with one attached hydrogen (secondary N) is 1. The maximum Gasteiger partial charge on any atom is 0.248 e. The lowest BCUT2D eigenvalue weighted by atomic mass is 9.72. The highest BCUT2D eigenvalue weighted by Crippen LogP contribution is 2.39. The lowest BCUT2D eigenvalue weighted by molar-refractivity contribution is 0.00527. The predicted octanol–water partition coefficient (Wildman–Crippen LogP) is 0.451. The number of carbonyl (C=O) groups excluding carboxylic acids is 1. The Hall–Kier alpha value is -1.66. The third-order valence-electron chi connectivity index (χ3n) is 4.02. The summed E-state index contributed by atoms with van der Waals surface area (Å²) >= 11 is 0. The molecule has 4 unspecified atom stereocenters. The second kappa shape index (κ2) is 4.47. The topological polar surface area (TPSA) is 90.4 Å². The number of rotatable bonds is 3. The lowest BCUT2D eigenvalue weighted by Crippen LogP contribution is -2.65. The van der Waals surface area contributed by atoms with Crippen LogP contribution >= 0.6 is 0 Å². The molecule has 5 nitrogen and oxygen atoms in total. The molecule has 0 radical (unpaired) electrons. The van der Waals surface area contributed by atoms with Gasteiger partial charge in [-0.25, -0.2) is 4.39 Å². The van der Waals surface area contributed by atoms with Crippen LogP contribution in [0.3, 0.4) is 0 Å². The zero-order valence-electron chi connectivity index (χ0n) is 10.3. The largest absolute Gasteiger partial charge is 0.376 e. The van der Waals surface area contributed by atoms with E-state index in [1.165, 1.54) is 12.1 Å². The van der Waals surface area contributed by atoms with Crippen LogP contribution in [0, 0.1) is 11.7 Å². The summed E-state index contributed by atoms with van der Waals surface area (Å²) in [5, 5.41) is 3.06. The molecule has 1 saturated carbocycles. The Labute approximate surface area is 110 Å². The smallest absolute Gasteiger partial charge is 0.248 e. The molecule has 0 aromatic heterocycles. The Morgan fingerprint density at radius 3 is 2.95 bits per heavy atom. The van der Waals surface area contributed by atoms with E-state index in [4.69, 9.17) is 16.2 Å². The Morgan fingerprint density at radius 2 is 2.26 bits per heavy atom. The molecule has 102 valence electrons. The molecule has 1 aliphatic heterocycles. The molecule has 0 bridgehead atoms. The molecule has 1 heterocycles. The van der Waals surface area contributed by atoms with Gasteiger partial charge in [-0.3, -0.25) is 4.79 Å². The molecule has 1 aromatic carbocycles. The van der Waals surface area contributed by atoms with Crippen LogP contribution in [0.1, 0.15) is 16.8 Å². The molecule has 1 amide bonds. The van der Waals surface area contributed by atoms with Crippen molar-refractivity contribution < 1.29 is 13.9 Å². The number of carbonyl (C=O) groups is 1. The Morgan fingerprint density at radius 1 is 1.47 bits per heavy atom. The van der Waals surface area contributed by atoms with Crippen molar-refractivity contribution in [2.75, 3.05) is 11.9 Å². The van der Waals surface area contributed by atoms with Gasteiger partial charge in [0.2, 0.25) is 5.91 Å². The van der Waals surface area contributed by atoms with Crippen molar-refractivity contribution in [2.24, 2.45) is 17.4 Å². The van der Waals surface area contributed by atoms with Crippen molar-refractivity contribution in [1.82, 2.24) is 0 Å². The van der Waals surface area contributed by atoms with E-state index >= 15 is 0 Å². The molecule has 6 heteroatoms. The third kappa shape index (κ3) is 1.97. The van der Waals surface area contributed by atoms with Crippen LogP contribution < -0.4 is 16.8 Å². The van der Waals surface area contributed by atoms with Gasteiger partial charge in [-0.05, 0) is 24.6 Å². The van der Waals surface area contributed by atoms with E-state index in [1.54, 1.807) is 0 Å². The van der Waals surface area contributed by atoms with Crippen molar-refractivity contribution >= 4 is 11.6 Å². The highest BCUT2D eigenvalue weighted by molar-refractivity contribution is 5.93. The van der Waals surface area contributed by atoms with Crippen molar-refractivity contribution in [3.05, 3.63) is 29.6 Å². The summed E-state index contributed by atoms with van der Waals surface area (Å²) in [7, 11) is 0. The second-order valence-electron chi connectivity index (χ2n) is 5.09. The average molecular weight is 265 g/mol. The molecular weight excluding hydrogens is 249 g/mol. The van der Waals surface area contributed by atoms with E-state index in [2.05, 4.69) is 5.32 Å². The molecule has 2 aliphatic rings. The Balaban J connectivity index is 1.75. The monoisotopic (exact) mass is 265 g/mol. The molecular formula is C13H16FN3O2. The zero-order valence-corrected chi connectivity index (χ0v) is 10.3. The predicted molar refractivity (Wildman–Crippen MR) is 68.2 cm³/mol. The number of anilines is 1. The van der Waals surface area contributed by atoms with Gasteiger partial charge in [0, 0.05) is 24.1 Å². The summed E-state index contributed by atoms with van der Waals surface area (Å²) in [6, 6.07) is 4.01. The van der Waals surface area contributed by atoms with E-state index in [9.17, 15) is 9.18 Å². The summed E-state index contributed by atoms with van der Waals surface area (Å²) in [4.78, 5) is 11.0. The standard InChI is InChI=1S/C13H16FN3O2/c14-8-5-6(13(16)18)1-2-9(8)17-11-10(15)7-3-4-19-12(7)11/h1-2,5,7,10-12,17H,3-4,15H2,(H2,16,18). The summed E-state index contributed by atoms with van der Waals surface area (Å²) in [5.74, 6) is -0.791. The third-order valence-corrected chi connectivity index (χ3v) is 4.02. The number of nitrogens with two attached hydrogens (primary N) is 2. The van der Waals surface area contributed by atoms with Crippen LogP contribution in [0.2, 0.25) is 0 Å². The Bertz CT molecular complexity index is 523. The minimum atomic E-state index is -0.648. The molecule has 3 rings (SSSR count).